The largest absolute Gasteiger partial charge is 0.392 e. The molecule has 0 aliphatic rings. The average Bonchev–Trinajstić information content (AvgIpc) is 2.69. The Morgan fingerprint density at radius 3 is 2.19 bits per heavy atom. The first-order chi connectivity index (χ1) is 13.0. The SMILES string of the molecule is CC(O)CNC(=O)c1c(-c2ccccc2)c(-c2ccccc2)nn(C)c1=O. The number of nitrogens with zero attached hydrogens (tertiary/aromatic N) is 2. The normalized spacial score (nSPS) is 11.8. The van der Waals surface area contributed by atoms with Crippen molar-refractivity contribution in [2.45, 2.75) is 13.0 Å². The van der Waals surface area contributed by atoms with Crippen molar-refractivity contribution in [3.8, 4) is 22.4 Å². The van der Waals surface area contributed by atoms with E-state index >= 15 is 0 Å². The van der Waals surface area contributed by atoms with Crippen LogP contribution in [0.3, 0.4) is 0 Å². The second kappa shape index (κ2) is 7.97. The van der Waals surface area contributed by atoms with E-state index in [0.717, 1.165) is 11.1 Å². The van der Waals surface area contributed by atoms with Gasteiger partial charge < -0.3 is 10.4 Å². The number of carbonyl (C=O) groups is 1. The molecular weight excluding hydrogens is 342 g/mol. The molecule has 0 bridgehead atoms. The lowest BCUT2D eigenvalue weighted by Gasteiger charge is -2.16. The van der Waals surface area contributed by atoms with Gasteiger partial charge in [0.25, 0.3) is 11.5 Å². The summed E-state index contributed by atoms with van der Waals surface area (Å²) in [7, 11) is 1.52. The molecule has 0 aliphatic carbocycles. The molecule has 6 heteroatoms. The van der Waals surface area contributed by atoms with Gasteiger partial charge in [-0.1, -0.05) is 60.7 Å². The molecule has 0 radical (unpaired) electrons. The van der Waals surface area contributed by atoms with Gasteiger partial charge in [0, 0.05) is 24.7 Å². The molecule has 3 aromatic rings. The van der Waals surface area contributed by atoms with Crippen LogP contribution in [0.15, 0.2) is 65.5 Å². The Hall–Kier alpha value is -3.25. The zero-order valence-corrected chi connectivity index (χ0v) is 15.2. The minimum absolute atomic E-state index is 0.0122. The summed E-state index contributed by atoms with van der Waals surface area (Å²) in [4.78, 5) is 25.6. The number of benzene rings is 2. The molecule has 1 unspecified atom stereocenters. The molecule has 1 amide bonds. The van der Waals surface area contributed by atoms with E-state index in [1.54, 1.807) is 6.92 Å². The number of aromatic nitrogens is 2. The van der Waals surface area contributed by atoms with E-state index in [9.17, 15) is 14.7 Å². The molecular formula is C21H21N3O3. The lowest BCUT2D eigenvalue weighted by molar-refractivity contribution is 0.0922. The fourth-order valence-electron chi connectivity index (χ4n) is 2.86. The van der Waals surface area contributed by atoms with Crippen LogP contribution in [0.25, 0.3) is 22.4 Å². The van der Waals surface area contributed by atoms with Crippen molar-refractivity contribution in [2.75, 3.05) is 6.54 Å². The van der Waals surface area contributed by atoms with Gasteiger partial charge in [0.2, 0.25) is 0 Å². The van der Waals surface area contributed by atoms with Gasteiger partial charge in [-0.25, -0.2) is 4.68 Å². The Labute approximate surface area is 157 Å². The van der Waals surface area contributed by atoms with Crippen LogP contribution in [0.5, 0.6) is 0 Å². The molecule has 0 saturated heterocycles. The van der Waals surface area contributed by atoms with Crippen LogP contribution in [0.4, 0.5) is 0 Å². The first kappa shape index (κ1) is 18.5. The Bertz CT molecular complexity index is 996. The van der Waals surface area contributed by atoms with Crippen molar-refractivity contribution in [1.82, 2.24) is 15.1 Å². The number of rotatable bonds is 5. The van der Waals surface area contributed by atoms with Gasteiger partial charge in [0.05, 0.1) is 11.8 Å². The van der Waals surface area contributed by atoms with E-state index in [4.69, 9.17) is 0 Å². The second-order valence-corrected chi connectivity index (χ2v) is 6.32. The number of hydrogen-bond acceptors (Lipinski definition) is 4. The van der Waals surface area contributed by atoms with Gasteiger partial charge in [0.15, 0.2) is 0 Å². The zero-order chi connectivity index (χ0) is 19.4. The van der Waals surface area contributed by atoms with Crippen LogP contribution < -0.4 is 10.9 Å². The van der Waals surface area contributed by atoms with Crippen LogP contribution in [-0.2, 0) is 7.05 Å². The fourth-order valence-corrected chi connectivity index (χ4v) is 2.86. The summed E-state index contributed by atoms with van der Waals surface area (Å²) in [5, 5.41) is 16.5. The third kappa shape index (κ3) is 3.96. The molecule has 6 nitrogen and oxygen atoms in total. The first-order valence-electron chi connectivity index (χ1n) is 8.67. The van der Waals surface area contributed by atoms with E-state index in [0.29, 0.717) is 11.3 Å². The van der Waals surface area contributed by atoms with Crippen molar-refractivity contribution in [2.24, 2.45) is 7.05 Å². The van der Waals surface area contributed by atoms with E-state index in [1.807, 2.05) is 60.7 Å². The lowest BCUT2D eigenvalue weighted by atomic mass is 9.95. The predicted molar refractivity (Wildman–Crippen MR) is 104 cm³/mol. The molecule has 27 heavy (non-hydrogen) atoms. The van der Waals surface area contributed by atoms with Gasteiger partial charge in [-0.05, 0) is 12.5 Å². The predicted octanol–water partition coefficient (Wildman–Crippen LogP) is 2.22. The van der Waals surface area contributed by atoms with Crippen molar-refractivity contribution >= 4 is 5.91 Å². The topological polar surface area (TPSA) is 84.2 Å². The monoisotopic (exact) mass is 363 g/mol. The second-order valence-electron chi connectivity index (χ2n) is 6.32. The molecule has 0 saturated carbocycles. The highest BCUT2D eigenvalue weighted by Gasteiger charge is 2.24. The Morgan fingerprint density at radius 1 is 1.07 bits per heavy atom. The van der Waals surface area contributed by atoms with Gasteiger partial charge in [-0.3, -0.25) is 9.59 Å². The first-order valence-corrected chi connectivity index (χ1v) is 8.67. The molecule has 0 aliphatic heterocycles. The van der Waals surface area contributed by atoms with Crippen LogP contribution >= 0.6 is 0 Å². The number of aryl methyl sites for hydroxylation is 1. The molecule has 138 valence electrons. The van der Waals surface area contributed by atoms with E-state index < -0.39 is 17.6 Å². The maximum Gasteiger partial charge on any atom is 0.280 e. The van der Waals surface area contributed by atoms with Crippen LogP contribution in [0, 0.1) is 0 Å². The molecule has 0 spiro atoms. The van der Waals surface area contributed by atoms with Gasteiger partial charge in [0.1, 0.15) is 5.56 Å². The third-order valence-electron chi connectivity index (χ3n) is 4.14. The molecule has 0 fully saturated rings. The molecule has 1 aromatic heterocycles. The highest BCUT2D eigenvalue weighted by atomic mass is 16.3. The smallest absolute Gasteiger partial charge is 0.280 e. The summed E-state index contributed by atoms with van der Waals surface area (Å²) < 4.78 is 1.17. The van der Waals surface area contributed by atoms with Gasteiger partial charge in [-0.15, -0.1) is 0 Å². The summed E-state index contributed by atoms with van der Waals surface area (Å²) in [5.41, 5.74) is 2.08. The Morgan fingerprint density at radius 2 is 1.63 bits per heavy atom. The lowest BCUT2D eigenvalue weighted by Crippen LogP contribution is -2.37. The van der Waals surface area contributed by atoms with E-state index in [-0.39, 0.29) is 12.1 Å². The highest BCUT2D eigenvalue weighted by Crippen LogP contribution is 2.31. The molecule has 3 rings (SSSR count). The van der Waals surface area contributed by atoms with Gasteiger partial charge >= 0.3 is 0 Å². The van der Waals surface area contributed by atoms with E-state index in [1.165, 1.54) is 11.7 Å². The molecule has 2 N–H and O–H groups in total. The van der Waals surface area contributed by atoms with Crippen LogP contribution in [-0.4, -0.2) is 33.4 Å². The minimum Gasteiger partial charge on any atom is -0.392 e. The number of hydrogen-bond donors (Lipinski definition) is 2. The average molecular weight is 363 g/mol. The Kier molecular flexibility index (Phi) is 5.47. The maximum atomic E-state index is 12.8. The van der Waals surface area contributed by atoms with Crippen molar-refractivity contribution < 1.29 is 9.90 Å². The summed E-state index contributed by atoms with van der Waals surface area (Å²) in [6.07, 6.45) is -0.714. The number of aliphatic hydroxyl groups is 1. The summed E-state index contributed by atoms with van der Waals surface area (Å²) in [5.74, 6) is -0.532. The molecule has 1 atom stereocenters. The standard InChI is InChI=1S/C21H21N3O3/c1-14(25)13-22-20(26)18-17(15-9-5-3-6-10-15)19(23-24(2)21(18)27)16-11-7-4-8-12-16/h3-12,14,25H,13H2,1-2H3,(H,22,26). The third-order valence-corrected chi connectivity index (χ3v) is 4.14. The van der Waals surface area contributed by atoms with Crippen molar-refractivity contribution in [1.29, 1.82) is 0 Å². The Balaban J connectivity index is 2.29. The summed E-state index contributed by atoms with van der Waals surface area (Å²) in [6.45, 7) is 1.62. The highest BCUT2D eigenvalue weighted by molar-refractivity contribution is 6.03. The van der Waals surface area contributed by atoms with E-state index in [2.05, 4.69) is 10.4 Å². The molecule has 1 heterocycles. The minimum atomic E-state index is -0.714. The maximum absolute atomic E-state index is 12.8. The number of nitrogens with one attached hydrogen (secondary N) is 1. The molecule has 2 aromatic carbocycles. The zero-order valence-electron chi connectivity index (χ0n) is 15.2. The number of aliphatic hydroxyl groups excluding tert-OH is 1. The van der Waals surface area contributed by atoms with Crippen molar-refractivity contribution in [3.05, 3.63) is 76.6 Å². The fraction of sp³-hybridized carbons (Fsp3) is 0.190. The van der Waals surface area contributed by atoms with Crippen molar-refractivity contribution in [3.63, 3.8) is 0 Å². The quantitative estimate of drug-likeness (QED) is 0.728. The van der Waals surface area contributed by atoms with Crippen LogP contribution in [0.2, 0.25) is 0 Å². The number of amides is 1. The van der Waals surface area contributed by atoms with Crippen LogP contribution in [0.1, 0.15) is 17.3 Å². The summed E-state index contributed by atoms with van der Waals surface area (Å²) >= 11 is 0. The number of carbonyl (C=O) groups excluding carboxylic acids is 1. The van der Waals surface area contributed by atoms with Gasteiger partial charge in [-0.2, -0.15) is 5.10 Å². The summed E-state index contributed by atoms with van der Waals surface area (Å²) in [6, 6.07) is 18.7.